The summed E-state index contributed by atoms with van der Waals surface area (Å²) in [6, 6.07) is 0. The first-order valence-corrected chi connectivity index (χ1v) is 7.53. The van der Waals surface area contributed by atoms with Crippen molar-refractivity contribution in [1.29, 1.82) is 0 Å². The molecule has 0 aliphatic heterocycles. The van der Waals surface area contributed by atoms with Gasteiger partial charge in [0.15, 0.2) is 0 Å². The summed E-state index contributed by atoms with van der Waals surface area (Å²) >= 11 is 2.31. The predicted octanol–water partition coefficient (Wildman–Crippen LogP) is 2.37. The predicted molar refractivity (Wildman–Crippen MR) is 42.9 cm³/mol. The van der Waals surface area contributed by atoms with Gasteiger partial charge in [0.05, 0.1) is 0 Å². The molecule has 8 heavy (non-hydrogen) atoms. The van der Waals surface area contributed by atoms with E-state index in [1.54, 1.807) is 0 Å². The zero-order valence-electron chi connectivity index (χ0n) is 6.01. The minimum absolute atomic E-state index is 0.311. The SMILES string of the molecule is CC(C)[P+](=[Te])C(C)C. The van der Waals surface area contributed by atoms with Crippen LogP contribution in [-0.2, 0) is 0 Å². The molecule has 0 amide bonds. The molecule has 0 aliphatic rings. The second-order valence-corrected chi connectivity index (χ2v) is 8.94. The molecule has 0 bridgehead atoms. The van der Waals surface area contributed by atoms with Gasteiger partial charge in [0.2, 0.25) is 0 Å². The molecular weight excluding hydrogens is 231 g/mol. The quantitative estimate of drug-likeness (QED) is 0.517. The van der Waals surface area contributed by atoms with Gasteiger partial charge in [-0.05, 0) is 0 Å². The van der Waals surface area contributed by atoms with Crippen molar-refractivity contribution in [1.82, 2.24) is 0 Å². The molecule has 0 aromatic carbocycles. The van der Waals surface area contributed by atoms with Gasteiger partial charge < -0.3 is 0 Å². The third-order valence-electron chi connectivity index (χ3n) is 1.02. The third-order valence-corrected chi connectivity index (χ3v) is 10.3. The van der Waals surface area contributed by atoms with E-state index < -0.39 is 0 Å². The summed E-state index contributed by atoms with van der Waals surface area (Å²) in [5.41, 5.74) is 1.82. The summed E-state index contributed by atoms with van der Waals surface area (Å²) < 4.78 is 0. The van der Waals surface area contributed by atoms with Crippen LogP contribution in [0.1, 0.15) is 27.7 Å². The molecule has 0 rings (SSSR count). The van der Waals surface area contributed by atoms with Crippen molar-refractivity contribution in [3.8, 4) is 0 Å². The van der Waals surface area contributed by atoms with Crippen molar-refractivity contribution >= 4 is 26.4 Å². The first-order valence-electron chi connectivity index (χ1n) is 3.01. The van der Waals surface area contributed by atoms with Crippen LogP contribution >= 0.6 is 5.15 Å². The molecule has 0 N–H and O–H groups in total. The monoisotopic (exact) mass is 247 g/mol. The Kier molecular flexibility index (Phi) is 4.54. The molecule has 0 radical (unpaired) electrons. The van der Waals surface area contributed by atoms with Crippen LogP contribution in [0.15, 0.2) is 0 Å². The summed E-state index contributed by atoms with van der Waals surface area (Å²) in [5, 5.41) is 0.311. The van der Waals surface area contributed by atoms with Gasteiger partial charge in [-0.2, -0.15) is 0 Å². The topological polar surface area (TPSA) is 0 Å². The fourth-order valence-electron chi connectivity index (χ4n) is 0.596. The molecule has 0 atom stereocenters. The average Bonchev–Trinajstić information content (AvgIpc) is 1.64. The van der Waals surface area contributed by atoms with Gasteiger partial charge >= 0.3 is 65.4 Å². The van der Waals surface area contributed by atoms with Gasteiger partial charge in [-0.25, -0.2) is 0 Å². The van der Waals surface area contributed by atoms with Crippen LogP contribution in [0.5, 0.6) is 0 Å². The summed E-state index contributed by atoms with van der Waals surface area (Å²) in [4.78, 5) is 0. The van der Waals surface area contributed by atoms with Crippen molar-refractivity contribution in [3.05, 3.63) is 0 Å². The standard InChI is InChI=1S/C6H14PTe/c1-5(2)7(8)6(3)4/h5-6H,1-4H3/q+1. The molecule has 0 fully saturated rings. The Morgan fingerprint density at radius 1 is 1.00 bits per heavy atom. The van der Waals surface area contributed by atoms with Crippen LogP contribution in [0, 0.1) is 0 Å². The Morgan fingerprint density at radius 2 is 1.25 bits per heavy atom. The Bertz CT molecular complexity index is 76.5. The van der Waals surface area contributed by atoms with Gasteiger partial charge in [-0.15, -0.1) is 0 Å². The molecule has 0 heterocycles. The van der Waals surface area contributed by atoms with E-state index in [2.05, 4.69) is 48.9 Å². The molecule has 0 nitrogen and oxygen atoms in total. The Balaban J connectivity index is 3.65. The zero-order chi connectivity index (χ0) is 6.73. The summed E-state index contributed by atoms with van der Waals surface area (Å²) in [7, 11) is 0. The first-order chi connectivity index (χ1) is 3.55. The van der Waals surface area contributed by atoms with Crippen molar-refractivity contribution in [3.63, 3.8) is 0 Å². The van der Waals surface area contributed by atoms with Gasteiger partial charge in [0.1, 0.15) is 0 Å². The van der Waals surface area contributed by atoms with E-state index in [1.165, 1.54) is 0 Å². The van der Waals surface area contributed by atoms with Gasteiger partial charge in [-0.3, -0.25) is 0 Å². The van der Waals surface area contributed by atoms with Crippen LogP contribution in [0.25, 0.3) is 0 Å². The van der Waals surface area contributed by atoms with Crippen molar-refractivity contribution < 1.29 is 0 Å². The molecule has 0 saturated carbocycles. The summed E-state index contributed by atoms with van der Waals surface area (Å²) in [5.74, 6) is 0. The maximum absolute atomic E-state index is 2.31. The molecule has 48 valence electrons. The molecule has 0 aromatic rings. The van der Waals surface area contributed by atoms with Crippen LogP contribution in [-0.4, -0.2) is 32.6 Å². The summed E-state index contributed by atoms with van der Waals surface area (Å²) in [6.07, 6.45) is 0. The van der Waals surface area contributed by atoms with E-state index in [0.717, 1.165) is 11.3 Å². The fraction of sp³-hybridized carbons (Fsp3) is 1.00. The van der Waals surface area contributed by atoms with Crippen LogP contribution in [0.2, 0.25) is 0 Å². The van der Waals surface area contributed by atoms with Gasteiger partial charge in [0, 0.05) is 0 Å². The Morgan fingerprint density at radius 3 is 1.25 bits per heavy atom. The molecule has 0 spiro atoms. The first kappa shape index (κ1) is 9.09. The van der Waals surface area contributed by atoms with E-state index >= 15 is 0 Å². The minimum atomic E-state index is 0.311. The fourth-order valence-corrected chi connectivity index (χ4v) is 1.79. The second-order valence-electron chi connectivity index (χ2n) is 2.55. The van der Waals surface area contributed by atoms with Crippen LogP contribution in [0.3, 0.4) is 0 Å². The van der Waals surface area contributed by atoms with Crippen LogP contribution in [0.4, 0.5) is 0 Å². The molecule has 0 aliphatic carbocycles. The van der Waals surface area contributed by atoms with Crippen LogP contribution < -0.4 is 0 Å². The van der Waals surface area contributed by atoms with E-state index in [-0.39, 0.29) is 0 Å². The zero-order valence-corrected chi connectivity index (χ0v) is 9.23. The molecule has 0 unspecified atom stereocenters. The van der Waals surface area contributed by atoms with Gasteiger partial charge in [-0.1, -0.05) is 0 Å². The van der Waals surface area contributed by atoms with E-state index in [9.17, 15) is 0 Å². The number of rotatable bonds is 2. The third kappa shape index (κ3) is 3.18. The normalized spacial score (nSPS) is 10.8. The van der Waals surface area contributed by atoms with Crippen molar-refractivity contribution in [2.45, 2.75) is 39.0 Å². The molecule has 0 saturated heterocycles. The average molecular weight is 245 g/mol. The summed E-state index contributed by atoms with van der Waals surface area (Å²) in [6.45, 7) is 9.25. The second kappa shape index (κ2) is 3.99. The van der Waals surface area contributed by atoms with Crippen molar-refractivity contribution in [2.75, 3.05) is 0 Å². The van der Waals surface area contributed by atoms with E-state index in [0.29, 0.717) is 5.15 Å². The van der Waals surface area contributed by atoms with Crippen molar-refractivity contribution in [2.24, 2.45) is 0 Å². The molecule has 0 aromatic heterocycles. The van der Waals surface area contributed by atoms with Gasteiger partial charge in [0.25, 0.3) is 0 Å². The Labute approximate surface area is 65.5 Å². The van der Waals surface area contributed by atoms with E-state index in [4.69, 9.17) is 0 Å². The van der Waals surface area contributed by atoms with E-state index in [1.807, 2.05) is 0 Å². The number of hydrogen-bond donors (Lipinski definition) is 0. The molecular formula is C6H14PTe+. The Hall–Kier alpha value is 1.09. The number of hydrogen-bond acceptors (Lipinski definition) is 0. The maximum atomic E-state index is 2.31. The molecule has 2 heteroatoms.